The van der Waals surface area contributed by atoms with Crippen molar-refractivity contribution in [2.45, 2.75) is 12.5 Å². The number of nitrogens with zero attached hydrogens (tertiary/aromatic N) is 2. The van der Waals surface area contributed by atoms with Crippen LogP contribution in [0.5, 0.6) is 5.75 Å². The van der Waals surface area contributed by atoms with Gasteiger partial charge in [-0.2, -0.15) is 0 Å². The fourth-order valence-electron chi connectivity index (χ4n) is 3.20. The first kappa shape index (κ1) is 18.4. The van der Waals surface area contributed by atoms with Crippen LogP contribution in [0.15, 0.2) is 18.2 Å². The lowest BCUT2D eigenvalue weighted by Gasteiger charge is -2.37. The van der Waals surface area contributed by atoms with Crippen LogP contribution >= 0.6 is 11.6 Å². The standard InChI is InChI=1S/C16H20ClFN2O4S/c17-14-9-13(1-2-15(14)18)24-10-16(21)20-6-4-19(5-7-20)12-3-8-25(22,23)11-12/h1-2,9,12H,3-8,10-11H2. The minimum absolute atomic E-state index is 0.0509. The lowest BCUT2D eigenvalue weighted by molar-refractivity contribution is -0.135. The summed E-state index contributed by atoms with van der Waals surface area (Å²) in [5.41, 5.74) is 0. The lowest BCUT2D eigenvalue weighted by atomic mass is 10.2. The zero-order chi connectivity index (χ0) is 18.0. The monoisotopic (exact) mass is 390 g/mol. The second-order valence-electron chi connectivity index (χ2n) is 6.34. The molecule has 9 heteroatoms. The van der Waals surface area contributed by atoms with E-state index in [1.807, 2.05) is 0 Å². The first-order chi connectivity index (χ1) is 11.8. The van der Waals surface area contributed by atoms with Gasteiger partial charge in [-0.15, -0.1) is 0 Å². The molecular weight excluding hydrogens is 371 g/mol. The number of hydrogen-bond acceptors (Lipinski definition) is 5. The van der Waals surface area contributed by atoms with Crippen molar-refractivity contribution in [1.29, 1.82) is 0 Å². The van der Waals surface area contributed by atoms with E-state index in [0.29, 0.717) is 38.3 Å². The Morgan fingerprint density at radius 3 is 2.60 bits per heavy atom. The second kappa shape index (κ2) is 7.47. The smallest absolute Gasteiger partial charge is 0.260 e. The molecule has 2 fully saturated rings. The summed E-state index contributed by atoms with van der Waals surface area (Å²) in [7, 11) is -2.90. The van der Waals surface area contributed by atoms with E-state index in [9.17, 15) is 17.6 Å². The molecule has 1 amide bonds. The Labute approximate surface area is 151 Å². The molecule has 138 valence electrons. The molecule has 0 N–H and O–H groups in total. The van der Waals surface area contributed by atoms with Crippen LogP contribution < -0.4 is 4.74 Å². The third kappa shape index (κ3) is 4.62. The third-order valence-electron chi connectivity index (χ3n) is 4.65. The minimum Gasteiger partial charge on any atom is -0.484 e. The van der Waals surface area contributed by atoms with E-state index in [4.69, 9.17) is 16.3 Å². The van der Waals surface area contributed by atoms with Crippen molar-refractivity contribution in [2.24, 2.45) is 0 Å². The van der Waals surface area contributed by atoms with Gasteiger partial charge in [-0.3, -0.25) is 9.69 Å². The van der Waals surface area contributed by atoms with Gasteiger partial charge in [-0.05, 0) is 18.6 Å². The van der Waals surface area contributed by atoms with E-state index >= 15 is 0 Å². The summed E-state index contributed by atoms with van der Waals surface area (Å²) in [6, 6.07) is 4.02. The fraction of sp³-hybridized carbons (Fsp3) is 0.562. The Kier molecular flexibility index (Phi) is 5.50. The highest BCUT2D eigenvalue weighted by atomic mass is 35.5. The summed E-state index contributed by atoms with van der Waals surface area (Å²) in [5, 5.41) is -0.0509. The summed E-state index contributed by atoms with van der Waals surface area (Å²) in [6.45, 7) is 2.27. The van der Waals surface area contributed by atoms with E-state index in [-0.39, 0.29) is 35.1 Å². The zero-order valence-corrected chi connectivity index (χ0v) is 15.2. The molecule has 0 saturated carbocycles. The van der Waals surface area contributed by atoms with Gasteiger partial charge in [0, 0.05) is 38.3 Å². The number of amides is 1. The van der Waals surface area contributed by atoms with Crippen molar-refractivity contribution in [2.75, 3.05) is 44.3 Å². The molecule has 25 heavy (non-hydrogen) atoms. The number of piperazine rings is 1. The van der Waals surface area contributed by atoms with E-state index < -0.39 is 15.7 Å². The Hall–Kier alpha value is -1.38. The lowest BCUT2D eigenvalue weighted by Crippen LogP contribution is -2.53. The number of carbonyl (C=O) groups is 1. The van der Waals surface area contributed by atoms with Crippen LogP contribution in [0, 0.1) is 5.82 Å². The number of sulfone groups is 1. The van der Waals surface area contributed by atoms with E-state index in [1.165, 1.54) is 18.2 Å². The maximum absolute atomic E-state index is 13.1. The van der Waals surface area contributed by atoms with Gasteiger partial charge in [0.05, 0.1) is 16.5 Å². The molecular formula is C16H20ClFN2O4S. The van der Waals surface area contributed by atoms with Crippen molar-refractivity contribution >= 4 is 27.3 Å². The molecule has 2 saturated heterocycles. The number of ether oxygens (including phenoxy) is 1. The molecule has 2 aliphatic rings. The average molecular weight is 391 g/mol. The SMILES string of the molecule is O=C(COc1ccc(F)c(Cl)c1)N1CCN(C2CCS(=O)(=O)C2)CC1. The number of hydrogen-bond donors (Lipinski definition) is 0. The largest absolute Gasteiger partial charge is 0.484 e. The van der Waals surface area contributed by atoms with E-state index in [2.05, 4.69) is 4.90 Å². The summed E-state index contributed by atoms with van der Waals surface area (Å²) in [5.74, 6) is 0.124. The van der Waals surface area contributed by atoms with E-state index in [0.717, 1.165) is 0 Å². The normalized spacial score (nSPS) is 23.6. The molecule has 0 radical (unpaired) electrons. The molecule has 0 aromatic heterocycles. The van der Waals surface area contributed by atoms with Gasteiger partial charge < -0.3 is 9.64 Å². The average Bonchev–Trinajstić information content (AvgIpc) is 2.96. The molecule has 6 nitrogen and oxygen atoms in total. The molecule has 3 rings (SSSR count). The number of carbonyl (C=O) groups excluding carboxylic acids is 1. The van der Waals surface area contributed by atoms with Gasteiger partial charge in [0.1, 0.15) is 11.6 Å². The summed E-state index contributed by atoms with van der Waals surface area (Å²) in [4.78, 5) is 16.1. The molecule has 1 atom stereocenters. The first-order valence-electron chi connectivity index (χ1n) is 8.14. The number of benzene rings is 1. The van der Waals surface area contributed by atoms with Gasteiger partial charge >= 0.3 is 0 Å². The molecule has 2 aliphatic heterocycles. The Balaban J connectivity index is 1.46. The fourth-order valence-corrected chi connectivity index (χ4v) is 5.13. The molecule has 0 spiro atoms. The Morgan fingerprint density at radius 1 is 1.28 bits per heavy atom. The summed E-state index contributed by atoms with van der Waals surface area (Å²) >= 11 is 5.68. The molecule has 0 bridgehead atoms. The van der Waals surface area contributed by atoms with Crippen LogP contribution in [0.25, 0.3) is 0 Å². The highest BCUT2D eigenvalue weighted by molar-refractivity contribution is 7.91. The quantitative estimate of drug-likeness (QED) is 0.772. The van der Waals surface area contributed by atoms with Crippen LogP contribution in [0.4, 0.5) is 4.39 Å². The maximum Gasteiger partial charge on any atom is 0.260 e. The van der Waals surface area contributed by atoms with Crippen molar-refractivity contribution in [3.05, 3.63) is 29.0 Å². The van der Waals surface area contributed by atoms with Gasteiger partial charge in [0.25, 0.3) is 5.91 Å². The van der Waals surface area contributed by atoms with Crippen LogP contribution in [-0.2, 0) is 14.6 Å². The topological polar surface area (TPSA) is 66.9 Å². The van der Waals surface area contributed by atoms with Crippen LogP contribution in [0.2, 0.25) is 5.02 Å². The summed E-state index contributed by atoms with van der Waals surface area (Å²) < 4.78 is 41.6. The Morgan fingerprint density at radius 2 is 2.00 bits per heavy atom. The predicted octanol–water partition coefficient (Wildman–Crippen LogP) is 1.19. The van der Waals surface area contributed by atoms with E-state index in [1.54, 1.807) is 4.90 Å². The zero-order valence-electron chi connectivity index (χ0n) is 13.7. The molecule has 1 aromatic carbocycles. The molecule has 1 aromatic rings. The number of halogens is 2. The van der Waals surface area contributed by atoms with Gasteiger partial charge in [-0.1, -0.05) is 11.6 Å². The number of rotatable bonds is 4. The van der Waals surface area contributed by atoms with Crippen LogP contribution in [-0.4, -0.2) is 74.5 Å². The molecule has 2 heterocycles. The highest BCUT2D eigenvalue weighted by Gasteiger charge is 2.34. The minimum atomic E-state index is -2.90. The summed E-state index contributed by atoms with van der Waals surface area (Å²) in [6.07, 6.45) is 0.671. The van der Waals surface area contributed by atoms with Crippen molar-refractivity contribution < 1.29 is 22.3 Å². The maximum atomic E-state index is 13.1. The Bertz CT molecular complexity index is 751. The van der Waals surface area contributed by atoms with Gasteiger partial charge in [0.2, 0.25) is 0 Å². The third-order valence-corrected chi connectivity index (χ3v) is 6.69. The highest BCUT2D eigenvalue weighted by Crippen LogP contribution is 2.22. The second-order valence-corrected chi connectivity index (χ2v) is 8.97. The van der Waals surface area contributed by atoms with Gasteiger partial charge in [0.15, 0.2) is 16.4 Å². The predicted molar refractivity (Wildman–Crippen MR) is 92.1 cm³/mol. The van der Waals surface area contributed by atoms with Crippen molar-refractivity contribution in [1.82, 2.24) is 9.80 Å². The molecule has 0 aliphatic carbocycles. The van der Waals surface area contributed by atoms with Crippen molar-refractivity contribution in [3.63, 3.8) is 0 Å². The van der Waals surface area contributed by atoms with Crippen molar-refractivity contribution in [3.8, 4) is 5.75 Å². The van der Waals surface area contributed by atoms with Crippen LogP contribution in [0.1, 0.15) is 6.42 Å². The van der Waals surface area contributed by atoms with Crippen LogP contribution in [0.3, 0.4) is 0 Å². The first-order valence-corrected chi connectivity index (χ1v) is 10.3. The van der Waals surface area contributed by atoms with Gasteiger partial charge in [-0.25, -0.2) is 12.8 Å². The molecule has 1 unspecified atom stereocenters.